The standard InChI is InChI=1S/C19H23N3O2S/c1-15-20-17(14-25-15)13-24-18-5-3-4-16(12-18)6-7-19(23)22-10-8-21(2)9-11-22/h3-7,12,14H,8-11,13H2,1-2H3/b7-6+. The first kappa shape index (κ1) is 17.6. The minimum atomic E-state index is 0.0670. The van der Waals surface area contributed by atoms with E-state index in [4.69, 9.17) is 4.74 Å². The van der Waals surface area contributed by atoms with E-state index in [1.807, 2.05) is 47.5 Å². The summed E-state index contributed by atoms with van der Waals surface area (Å²) in [6.45, 7) is 5.87. The Hall–Kier alpha value is -2.18. The first-order chi connectivity index (χ1) is 12.1. The molecule has 1 aliphatic rings. The summed E-state index contributed by atoms with van der Waals surface area (Å²) in [5, 5.41) is 3.05. The summed E-state index contributed by atoms with van der Waals surface area (Å²) in [6.07, 6.45) is 3.49. The van der Waals surface area contributed by atoms with Crippen molar-refractivity contribution in [1.29, 1.82) is 0 Å². The minimum Gasteiger partial charge on any atom is -0.487 e. The van der Waals surface area contributed by atoms with E-state index in [1.54, 1.807) is 17.4 Å². The monoisotopic (exact) mass is 357 g/mol. The molecule has 1 aromatic heterocycles. The Labute approximate surface area is 152 Å². The molecule has 0 saturated carbocycles. The molecule has 0 unspecified atom stereocenters. The summed E-state index contributed by atoms with van der Waals surface area (Å²) < 4.78 is 5.79. The SMILES string of the molecule is Cc1nc(COc2cccc(/C=C/C(=O)N3CCN(C)CC3)c2)cs1. The molecule has 1 saturated heterocycles. The van der Waals surface area contributed by atoms with Crippen LogP contribution in [0.5, 0.6) is 5.75 Å². The number of hydrogen-bond donors (Lipinski definition) is 0. The van der Waals surface area contributed by atoms with Crippen molar-refractivity contribution in [1.82, 2.24) is 14.8 Å². The van der Waals surface area contributed by atoms with Crippen LogP contribution in [0, 0.1) is 6.92 Å². The van der Waals surface area contributed by atoms with E-state index >= 15 is 0 Å². The van der Waals surface area contributed by atoms with Crippen molar-refractivity contribution in [3.05, 3.63) is 52.0 Å². The fourth-order valence-corrected chi connectivity index (χ4v) is 3.24. The number of likely N-dealkylation sites (N-methyl/N-ethyl adjacent to an activating group) is 1. The van der Waals surface area contributed by atoms with Gasteiger partial charge in [0.15, 0.2) is 0 Å². The number of hydrogen-bond acceptors (Lipinski definition) is 5. The van der Waals surface area contributed by atoms with Crippen molar-refractivity contribution >= 4 is 23.3 Å². The van der Waals surface area contributed by atoms with Crippen molar-refractivity contribution in [2.45, 2.75) is 13.5 Å². The largest absolute Gasteiger partial charge is 0.487 e. The smallest absolute Gasteiger partial charge is 0.246 e. The van der Waals surface area contributed by atoms with Crippen LogP contribution in [0.15, 0.2) is 35.7 Å². The molecular formula is C19H23N3O2S. The number of nitrogens with zero attached hydrogens (tertiary/aromatic N) is 3. The van der Waals surface area contributed by atoms with Crippen LogP contribution in [0.2, 0.25) is 0 Å². The molecule has 1 aliphatic heterocycles. The lowest BCUT2D eigenvalue weighted by atomic mass is 10.2. The van der Waals surface area contributed by atoms with Gasteiger partial charge in [0.05, 0.1) is 10.7 Å². The fraction of sp³-hybridized carbons (Fsp3) is 0.368. The lowest BCUT2D eigenvalue weighted by Gasteiger charge is -2.31. The van der Waals surface area contributed by atoms with Crippen LogP contribution in [-0.4, -0.2) is 53.9 Å². The first-order valence-electron chi connectivity index (χ1n) is 8.39. The summed E-state index contributed by atoms with van der Waals surface area (Å²) in [6, 6.07) is 7.75. The lowest BCUT2D eigenvalue weighted by molar-refractivity contribution is -0.127. The van der Waals surface area contributed by atoms with Crippen LogP contribution in [0.1, 0.15) is 16.3 Å². The zero-order valence-electron chi connectivity index (χ0n) is 14.6. The third-order valence-electron chi connectivity index (χ3n) is 4.14. The number of thiazole rings is 1. The van der Waals surface area contributed by atoms with Gasteiger partial charge in [-0.05, 0) is 37.7 Å². The highest BCUT2D eigenvalue weighted by atomic mass is 32.1. The van der Waals surface area contributed by atoms with Crippen LogP contribution in [0.4, 0.5) is 0 Å². The molecule has 0 atom stereocenters. The third-order valence-corrected chi connectivity index (χ3v) is 4.97. The molecule has 2 aromatic rings. The van der Waals surface area contributed by atoms with Gasteiger partial charge in [0.1, 0.15) is 12.4 Å². The van der Waals surface area contributed by atoms with Crippen LogP contribution in [0.25, 0.3) is 6.08 Å². The van der Waals surface area contributed by atoms with Gasteiger partial charge in [-0.25, -0.2) is 4.98 Å². The van der Waals surface area contributed by atoms with Crippen molar-refractivity contribution < 1.29 is 9.53 Å². The number of benzene rings is 1. The zero-order chi connectivity index (χ0) is 17.6. The number of carbonyl (C=O) groups is 1. The third kappa shape index (κ3) is 5.14. The summed E-state index contributed by atoms with van der Waals surface area (Å²) in [5.74, 6) is 0.845. The number of aromatic nitrogens is 1. The Balaban J connectivity index is 1.56. The van der Waals surface area contributed by atoms with Gasteiger partial charge in [-0.1, -0.05) is 12.1 Å². The summed E-state index contributed by atoms with van der Waals surface area (Å²) >= 11 is 1.62. The summed E-state index contributed by atoms with van der Waals surface area (Å²) in [4.78, 5) is 20.8. The van der Waals surface area contributed by atoms with Crippen molar-refractivity contribution in [2.24, 2.45) is 0 Å². The molecule has 1 fully saturated rings. The molecule has 3 rings (SSSR count). The molecule has 0 N–H and O–H groups in total. The number of aryl methyl sites for hydroxylation is 1. The second kappa shape index (κ2) is 8.27. The maximum atomic E-state index is 12.3. The molecule has 132 valence electrons. The number of rotatable bonds is 5. The van der Waals surface area contributed by atoms with Crippen molar-refractivity contribution in [2.75, 3.05) is 33.2 Å². The van der Waals surface area contributed by atoms with Crippen LogP contribution in [0.3, 0.4) is 0 Å². The zero-order valence-corrected chi connectivity index (χ0v) is 15.5. The molecule has 0 bridgehead atoms. The van der Waals surface area contributed by atoms with Gasteiger partial charge >= 0.3 is 0 Å². The summed E-state index contributed by atoms with van der Waals surface area (Å²) in [5.41, 5.74) is 1.89. The Kier molecular flexibility index (Phi) is 5.83. The van der Waals surface area contributed by atoms with Crippen LogP contribution in [-0.2, 0) is 11.4 Å². The first-order valence-corrected chi connectivity index (χ1v) is 9.27. The van der Waals surface area contributed by atoms with E-state index in [9.17, 15) is 4.79 Å². The van der Waals surface area contributed by atoms with E-state index < -0.39 is 0 Å². The van der Waals surface area contributed by atoms with Crippen LogP contribution < -0.4 is 4.74 Å². The minimum absolute atomic E-state index is 0.0670. The van der Waals surface area contributed by atoms with Gasteiger partial charge in [-0.2, -0.15) is 0 Å². The number of carbonyl (C=O) groups excluding carboxylic acids is 1. The Morgan fingerprint density at radius 1 is 1.32 bits per heavy atom. The summed E-state index contributed by atoms with van der Waals surface area (Å²) in [7, 11) is 2.08. The van der Waals surface area contributed by atoms with Gasteiger partial charge in [0.2, 0.25) is 5.91 Å². The van der Waals surface area contributed by atoms with E-state index in [2.05, 4.69) is 16.9 Å². The second-order valence-corrected chi connectivity index (χ2v) is 7.24. The molecule has 1 amide bonds. The van der Waals surface area contributed by atoms with Crippen LogP contribution >= 0.6 is 11.3 Å². The molecule has 5 nitrogen and oxygen atoms in total. The molecule has 0 aliphatic carbocycles. The molecule has 0 spiro atoms. The number of amides is 1. The second-order valence-electron chi connectivity index (χ2n) is 6.18. The van der Waals surface area contributed by atoms with Gasteiger partial charge in [-0.15, -0.1) is 11.3 Å². The highest BCUT2D eigenvalue weighted by molar-refractivity contribution is 7.09. The van der Waals surface area contributed by atoms with E-state index in [-0.39, 0.29) is 5.91 Å². The Morgan fingerprint density at radius 2 is 2.12 bits per heavy atom. The maximum absolute atomic E-state index is 12.3. The Bertz CT molecular complexity index is 749. The fourth-order valence-electron chi connectivity index (χ4n) is 2.64. The van der Waals surface area contributed by atoms with Gasteiger partial charge in [-0.3, -0.25) is 4.79 Å². The predicted octanol–water partition coefficient (Wildman–Crippen LogP) is 2.82. The van der Waals surface area contributed by atoms with E-state index in [0.29, 0.717) is 6.61 Å². The number of ether oxygens (including phenoxy) is 1. The van der Waals surface area contributed by atoms with Gasteiger partial charge < -0.3 is 14.5 Å². The topological polar surface area (TPSA) is 45.7 Å². The average Bonchev–Trinajstić information content (AvgIpc) is 3.04. The molecule has 1 aromatic carbocycles. The molecule has 25 heavy (non-hydrogen) atoms. The maximum Gasteiger partial charge on any atom is 0.246 e. The molecular weight excluding hydrogens is 334 g/mol. The van der Waals surface area contributed by atoms with Gasteiger partial charge in [0, 0.05) is 37.6 Å². The van der Waals surface area contributed by atoms with Crippen molar-refractivity contribution in [3.8, 4) is 5.75 Å². The predicted molar refractivity (Wildman–Crippen MR) is 101 cm³/mol. The lowest BCUT2D eigenvalue weighted by Crippen LogP contribution is -2.46. The number of piperazine rings is 1. The molecule has 6 heteroatoms. The van der Waals surface area contributed by atoms with E-state index in [1.165, 1.54) is 0 Å². The van der Waals surface area contributed by atoms with Crippen molar-refractivity contribution in [3.63, 3.8) is 0 Å². The quantitative estimate of drug-likeness (QED) is 0.772. The average molecular weight is 357 g/mol. The Morgan fingerprint density at radius 3 is 2.84 bits per heavy atom. The highest BCUT2D eigenvalue weighted by Gasteiger charge is 2.16. The molecule has 0 radical (unpaired) electrons. The molecule has 2 heterocycles. The highest BCUT2D eigenvalue weighted by Crippen LogP contribution is 2.17. The van der Waals surface area contributed by atoms with E-state index in [0.717, 1.165) is 48.2 Å². The normalized spacial score (nSPS) is 15.7. The van der Waals surface area contributed by atoms with Gasteiger partial charge in [0.25, 0.3) is 0 Å².